The molecule has 12 heavy (non-hydrogen) atoms. The van der Waals surface area contributed by atoms with Crippen LogP contribution in [0.2, 0.25) is 0 Å². The second-order valence-corrected chi connectivity index (χ2v) is 3.97. The first-order chi connectivity index (χ1) is 5.68. The molecule has 0 N–H and O–H groups in total. The zero-order valence-corrected chi connectivity index (χ0v) is 8.72. The van der Waals surface area contributed by atoms with E-state index >= 15 is 0 Å². The molecule has 1 nitrogen and oxygen atoms in total. The number of rotatable bonds is 0. The highest BCUT2D eigenvalue weighted by Gasteiger charge is 2.02. The smallest absolute Gasteiger partial charge is 0.0622 e. The molecule has 0 fully saturated rings. The fourth-order valence-electron chi connectivity index (χ4n) is 1.53. The lowest BCUT2D eigenvalue weighted by Crippen LogP contribution is -1.85. The molecule has 0 spiro atoms. The van der Waals surface area contributed by atoms with Gasteiger partial charge in [-0.25, -0.2) is 0 Å². The molecule has 0 aliphatic rings. The first-order valence-corrected chi connectivity index (χ1v) is 4.69. The van der Waals surface area contributed by atoms with Gasteiger partial charge in [0.15, 0.2) is 0 Å². The highest BCUT2D eigenvalue weighted by atomic mass is 79.9. The molecule has 62 valence electrons. The minimum absolute atomic E-state index is 1.17. The molecule has 2 rings (SSSR count). The quantitative estimate of drug-likeness (QED) is 0.647. The zero-order chi connectivity index (χ0) is 8.72. The molecule has 1 aromatic heterocycles. The Morgan fingerprint density at radius 1 is 1.33 bits per heavy atom. The summed E-state index contributed by atoms with van der Waals surface area (Å²) in [5, 5.41) is 1.30. The Kier molecular flexibility index (Phi) is 1.72. The number of fused-ring (bicyclic) bond motifs is 1. The van der Waals surface area contributed by atoms with E-state index < -0.39 is 0 Å². The topological polar surface area (TPSA) is 4.93 Å². The summed E-state index contributed by atoms with van der Waals surface area (Å²) in [5.74, 6) is 0. The molecule has 0 atom stereocenters. The Labute approximate surface area is 80.1 Å². The number of halogens is 1. The van der Waals surface area contributed by atoms with Gasteiger partial charge in [-0.2, -0.15) is 0 Å². The molecule has 0 unspecified atom stereocenters. The van der Waals surface area contributed by atoms with Gasteiger partial charge in [0.2, 0.25) is 0 Å². The fourth-order valence-corrected chi connectivity index (χ4v) is 2.40. The number of hydrogen-bond acceptors (Lipinski definition) is 0. The van der Waals surface area contributed by atoms with Crippen molar-refractivity contribution in [3.8, 4) is 0 Å². The maximum atomic E-state index is 3.56. The predicted molar refractivity (Wildman–Crippen MR) is 55.4 cm³/mol. The SMILES string of the molecule is Cc1cc(Br)c2c(ccn2C)c1. The average Bonchev–Trinajstić information content (AvgIpc) is 2.31. The Morgan fingerprint density at radius 2 is 2.08 bits per heavy atom. The number of hydrogen-bond donors (Lipinski definition) is 0. The van der Waals surface area contributed by atoms with Crippen LogP contribution in [0.1, 0.15) is 5.56 Å². The second kappa shape index (κ2) is 2.63. The van der Waals surface area contributed by atoms with E-state index in [1.54, 1.807) is 0 Å². The number of benzene rings is 1. The minimum atomic E-state index is 1.17. The largest absolute Gasteiger partial charge is 0.350 e. The van der Waals surface area contributed by atoms with Gasteiger partial charge in [-0.15, -0.1) is 0 Å². The lowest BCUT2D eigenvalue weighted by molar-refractivity contribution is 0.966. The molecule has 0 saturated heterocycles. The molecule has 0 radical (unpaired) electrons. The molecule has 0 aliphatic heterocycles. The summed E-state index contributed by atoms with van der Waals surface area (Å²) in [6.45, 7) is 2.11. The lowest BCUT2D eigenvalue weighted by Gasteiger charge is -2.00. The van der Waals surface area contributed by atoms with Crippen LogP contribution in [0.15, 0.2) is 28.9 Å². The van der Waals surface area contributed by atoms with E-state index in [1.807, 2.05) is 0 Å². The van der Waals surface area contributed by atoms with Crippen molar-refractivity contribution in [3.63, 3.8) is 0 Å². The summed E-state index contributed by atoms with van der Waals surface area (Å²) in [7, 11) is 2.06. The number of aryl methyl sites for hydroxylation is 2. The molecule has 0 bridgehead atoms. The maximum Gasteiger partial charge on any atom is 0.0622 e. The molecule has 0 aliphatic carbocycles. The Morgan fingerprint density at radius 3 is 2.83 bits per heavy atom. The van der Waals surface area contributed by atoms with Gasteiger partial charge >= 0.3 is 0 Å². The maximum absolute atomic E-state index is 3.56. The number of nitrogens with zero attached hydrogens (tertiary/aromatic N) is 1. The summed E-state index contributed by atoms with van der Waals surface area (Å²) >= 11 is 3.56. The van der Waals surface area contributed by atoms with Crippen LogP contribution in [0.4, 0.5) is 0 Å². The van der Waals surface area contributed by atoms with Gasteiger partial charge in [0.25, 0.3) is 0 Å². The standard InChI is InChI=1S/C10H10BrN/c1-7-5-8-3-4-12(2)10(8)9(11)6-7/h3-6H,1-2H3. The highest BCUT2D eigenvalue weighted by molar-refractivity contribution is 9.10. The molecule has 0 amide bonds. The van der Waals surface area contributed by atoms with E-state index in [-0.39, 0.29) is 0 Å². The van der Waals surface area contributed by atoms with Crippen molar-refractivity contribution in [2.75, 3.05) is 0 Å². The third-order valence-electron chi connectivity index (χ3n) is 2.07. The zero-order valence-electron chi connectivity index (χ0n) is 7.13. The van der Waals surface area contributed by atoms with Crippen molar-refractivity contribution >= 4 is 26.8 Å². The fraction of sp³-hybridized carbons (Fsp3) is 0.200. The minimum Gasteiger partial charge on any atom is -0.350 e. The van der Waals surface area contributed by atoms with Gasteiger partial charge in [-0.05, 0) is 46.6 Å². The molecular weight excluding hydrogens is 214 g/mol. The third-order valence-corrected chi connectivity index (χ3v) is 2.67. The van der Waals surface area contributed by atoms with Gasteiger partial charge < -0.3 is 4.57 Å². The van der Waals surface area contributed by atoms with Gasteiger partial charge in [-0.3, -0.25) is 0 Å². The average molecular weight is 224 g/mol. The first kappa shape index (κ1) is 7.87. The Hall–Kier alpha value is -0.760. The monoisotopic (exact) mass is 223 g/mol. The van der Waals surface area contributed by atoms with E-state index in [0.29, 0.717) is 0 Å². The van der Waals surface area contributed by atoms with Gasteiger partial charge in [0, 0.05) is 23.1 Å². The predicted octanol–water partition coefficient (Wildman–Crippen LogP) is 3.25. The molecule has 2 aromatic rings. The van der Waals surface area contributed by atoms with Crippen LogP contribution in [-0.4, -0.2) is 4.57 Å². The molecular formula is C10H10BrN. The summed E-state index contributed by atoms with van der Waals surface area (Å²) in [4.78, 5) is 0. The lowest BCUT2D eigenvalue weighted by atomic mass is 10.2. The third kappa shape index (κ3) is 1.07. The van der Waals surface area contributed by atoms with Gasteiger partial charge in [-0.1, -0.05) is 0 Å². The van der Waals surface area contributed by atoms with E-state index in [4.69, 9.17) is 0 Å². The molecule has 2 heteroatoms. The van der Waals surface area contributed by atoms with Crippen LogP contribution in [0.3, 0.4) is 0 Å². The first-order valence-electron chi connectivity index (χ1n) is 3.89. The molecule has 0 saturated carbocycles. The van der Waals surface area contributed by atoms with Crippen LogP contribution < -0.4 is 0 Å². The Bertz CT molecular complexity index is 429. The van der Waals surface area contributed by atoms with Gasteiger partial charge in [0.05, 0.1) is 5.52 Å². The van der Waals surface area contributed by atoms with Crippen molar-refractivity contribution in [2.24, 2.45) is 7.05 Å². The van der Waals surface area contributed by atoms with Gasteiger partial charge in [0.1, 0.15) is 0 Å². The summed E-state index contributed by atoms with van der Waals surface area (Å²) in [5.41, 5.74) is 2.56. The summed E-state index contributed by atoms with van der Waals surface area (Å²) in [6, 6.07) is 6.47. The van der Waals surface area contributed by atoms with Crippen LogP contribution in [-0.2, 0) is 7.05 Å². The van der Waals surface area contributed by atoms with Crippen molar-refractivity contribution in [2.45, 2.75) is 6.92 Å². The summed E-state index contributed by atoms with van der Waals surface area (Å²) in [6.07, 6.45) is 2.08. The highest BCUT2D eigenvalue weighted by Crippen LogP contribution is 2.25. The Balaban J connectivity index is 2.93. The van der Waals surface area contributed by atoms with E-state index in [0.717, 1.165) is 0 Å². The van der Waals surface area contributed by atoms with Crippen LogP contribution in [0.25, 0.3) is 10.9 Å². The van der Waals surface area contributed by atoms with E-state index in [2.05, 4.69) is 58.9 Å². The van der Waals surface area contributed by atoms with E-state index in [9.17, 15) is 0 Å². The van der Waals surface area contributed by atoms with Crippen LogP contribution >= 0.6 is 15.9 Å². The van der Waals surface area contributed by atoms with Crippen molar-refractivity contribution in [1.29, 1.82) is 0 Å². The second-order valence-electron chi connectivity index (χ2n) is 3.11. The van der Waals surface area contributed by atoms with Crippen LogP contribution in [0, 0.1) is 6.92 Å². The normalized spacial score (nSPS) is 10.9. The summed E-state index contributed by atoms with van der Waals surface area (Å²) < 4.78 is 3.30. The number of aromatic nitrogens is 1. The molecule has 1 aromatic carbocycles. The van der Waals surface area contributed by atoms with Crippen molar-refractivity contribution in [3.05, 3.63) is 34.4 Å². The molecule has 1 heterocycles. The van der Waals surface area contributed by atoms with E-state index in [1.165, 1.54) is 20.9 Å². The van der Waals surface area contributed by atoms with Crippen molar-refractivity contribution in [1.82, 2.24) is 4.57 Å². The van der Waals surface area contributed by atoms with Crippen LogP contribution in [0.5, 0.6) is 0 Å². The van der Waals surface area contributed by atoms with Crippen molar-refractivity contribution < 1.29 is 0 Å².